The van der Waals surface area contributed by atoms with Crippen molar-refractivity contribution in [3.8, 4) is 5.75 Å². The predicted octanol–water partition coefficient (Wildman–Crippen LogP) is 2.34. The molecule has 11 nitrogen and oxygen atoms in total. The molecule has 1 amide bonds. The standard InChI is InChI=1S/C28H34N6O5/c1-30-10-12-32(13-11-30)23-8-9-25(38-2)26-24(36)18-22(19-35)34(27(23)26)29-20-4-6-21(7-5-20)31-14-16-33(17-15-31)28(37)39-3/h4-9,18-19,29H,10-17H2,1-3H3. The third-order valence-corrected chi connectivity index (χ3v) is 7.50. The van der Waals surface area contributed by atoms with Crippen LogP contribution in [0.15, 0.2) is 47.3 Å². The number of hydrogen-bond donors (Lipinski definition) is 1. The molecule has 2 fully saturated rings. The molecule has 1 N–H and O–H groups in total. The summed E-state index contributed by atoms with van der Waals surface area (Å²) in [5.41, 5.74) is 6.58. The van der Waals surface area contributed by atoms with Crippen LogP contribution in [0.25, 0.3) is 10.9 Å². The zero-order valence-corrected chi connectivity index (χ0v) is 22.6. The molecular weight excluding hydrogens is 500 g/mol. The van der Waals surface area contributed by atoms with E-state index in [0.717, 1.165) is 43.2 Å². The number of benzene rings is 2. The smallest absolute Gasteiger partial charge is 0.409 e. The number of ether oxygens (including phenoxy) is 2. The number of nitrogens with zero attached hydrogens (tertiary/aromatic N) is 5. The molecule has 5 rings (SSSR count). The summed E-state index contributed by atoms with van der Waals surface area (Å²) in [5.74, 6) is 0.460. The van der Waals surface area contributed by atoms with Gasteiger partial charge in [0, 0.05) is 64.1 Å². The maximum Gasteiger partial charge on any atom is 0.409 e. The third-order valence-electron chi connectivity index (χ3n) is 7.50. The molecule has 0 aliphatic carbocycles. The lowest BCUT2D eigenvalue weighted by Gasteiger charge is -2.35. The molecule has 11 heteroatoms. The molecular formula is C28H34N6O5. The Labute approximate surface area is 227 Å². The van der Waals surface area contributed by atoms with Crippen LogP contribution in [0.3, 0.4) is 0 Å². The summed E-state index contributed by atoms with van der Waals surface area (Å²) in [6.45, 7) is 5.99. The number of carbonyl (C=O) groups is 2. The first-order valence-electron chi connectivity index (χ1n) is 13.0. The second-order valence-electron chi connectivity index (χ2n) is 9.79. The quantitative estimate of drug-likeness (QED) is 0.478. The fraction of sp³-hybridized carbons (Fsp3) is 0.393. The average Bonchev–Trinajstić information content (AvgIpc) is 2.98. The molecule has 0 unspecified atom stereocenters. The number of pyridine rings is 1. The summed E-state index contributed by atoms with van der Waals surface area (Å²) in [6.07, 6.45) is 0.386. The topological polar surface area (TPSA) is 99.6 Å². The van der Waals surface area contributed by atoms with Gasteiger partial charge in [0.1, 0.15) is 17.0 Å². The Morgan fingerprint density at radius 3 is 2.18 bits per heavy atom. The van der Waals surface area contributed by atoms with E-state index in [1.807, 2.05) is 36.4 Å². The molecule has 1 aromatic heterocycles. The monoisotopic (exact) mass is 534 g/mol. The lowest BCUT2D eigenvalue weighted by atomic mass is 10.1. The molecule has 2 aliphatic heterocycles. The van der Waals surface area contributed by atoms with Crippen LogP contribution < -0.4 is 25.4 Å². The number of aldehydes is 1. The molecule has 206 valence electrons. The minimum Gasteiger partial charge on any atom is -0.496 e. The van der Waals surface area contributed by atoms with Gasteiger partial charge in [-0.05, 0) is 43.4 Å². The Morgan fingerprint density at radius 1 is 0.897 bits per heavy atom. The van der Waals surface area contributed by atoms with Crippen molar-refractivity contribution in [3.63, 3.8) is 0 Å². The van der Waals surface area contributed by atoms with Crippen LogP contribution in [0.4, 0.5) is 21.9 Å². The number of methoxy groups -OCH3 is 2. The maximum atomic E-state index is 13.2. The summed E-state index contributed by atoms with van der Waals surface area (Å²) in [7, 11) is 5.03. The van der Waals surface area contributed by atoms with Gasteiger partial charge in [-0.1, -0.05) is 0 Å². The zero-order chi connectivity index (χ0) is 27.5. The van der Waals surface area contributed by atoms with Crippen molar-refractivity contribution in [1.82, 2.24) is 14.5 Å². The number of rotatable bonds is 6. The summed E-state index contributed by atoms with van der Waals surface area (Å²) in [4.78, 5) is 45.6. The molecule has 0 saturated carbocycles. The van der Waals surface area contributed by atoms with Gasteiger partial charge in [0.15, 0.2) is 11.7 Å². The number of carbonyl (C=O) groups excluding carboxylic acids is 2. The van der Waals surface area contributed by atoms with Crippen molar-refractivity contribution in [1.29, 1.82) is 0 Å². The molecule has 0 atom stereocenters. The van der Waals surface area contributed by atoms with Gasteiger partial charge in [-0.15, -0.1) is 0 Å². The highest BCUT2D eigenvalue weighted by molar-refractivity contribution is 5.98. The van der Waals surface area contributed by atoms with Gasteiger partial charge in [0.2, 0.25) is 0 Å². The Bertz CT molecular complexity index is 1410. The normalized spacial score (nSPS) is 16.3. The Balaban J connectivity index is 1.49. The first kappa shape index (κ1) is 26.4. The lowest BCUT2D eigenvalue weighted by Crippen LogP contribution is -2.48. The van der Waals surface area contributed by atoms with Crippen molar-refractivity contribution in [2.24, 2.45) is 0 Å². The number of likely N-dealkylation sites (N-methyl/N-ethyl adjacent to an activating group) is 1. The second kappa shape index (κ2) is 11.2. The Kier molecular flexibility index (Phi) is 7.60. The van der Waals surface area contributed by atoms with Gasteiger partial charge in [-0.3, -0.25) is 15.0 Å². The predicted molar refractivity (Wildman–Crippen MR) is 152 cm³/mol. The number of anilines is 3. The van der Waals surface area contributed by atoms with Crippen LogP contribution in [0.1, 0.15) is 10.5 Å². The SMILES string of the molecule is COC(=O)N1CCN(c2ccc(Nn3c(C=O)cc(=O)c4c(OC)ccc(N5CCN(C)CC5)c43)cc2)CC1. The van der Waals surface area contributed by atoms with Crippen LogP contribution in [0, 0.1) is 0 Å². The number of nitrogens with one attached hydrogen (secondary N) is 1. The van der Waals surface area contributed by atoms with Crippen molar-refractivity contribution in [2.45, 2.75) is 0 Å². The molecule has 39 heavy (non-hydrogen) atoms. The van der Waals surface area contributed by atoms with Gasteiger partial charge < -0.3 is 29.1 Å². The van der Waals surface area contributed by atoms with Crippen molar-refractivity contribution in [3.05, 3.63) is 58.4 Å². The van der Waals surface area contributed by atoms with Gasteiger partial charge in [-0.25, -0.2) is 9.47 Å². The van der Waals surface area contributed by atoms with E-state index in [9.17, 15) is 14.4 Å². The fourth-order valence-electron chi connectivity index (χ4n) is 5.26. The van der Waals surface area contributed by atoms with Gasteiger partial charge in [0.05, 0.1) is 31.0 Å². The Morgan fingerprint density at radius 2 is 1.56 bits per heavy atom. The van der Waals surface area contributed by atoms with Crippen LogP contribution in [-0.4, -0.2) is 100 Å². The number of fused-ring (bicyclic) bond motifs is 1. The third kappa shape index (κ3) is 5.22. The van der Waals surface area contributed by atoms with Crippen LogP contribution in [0.2, 0.25) is 0 Å². The van der Waals surface area contributed by atoms with E-state index in [1.54, 1.807) is 16.7 Å². The minimum absolute atomic E-state index is 0.221. The molecule has 2 aliphatic rings. The number of amides is 1. The van der Waals surface area contributed by atoms with E-state index in [1.165, 1.54) is 13.2 Å². The van der Waals surface area contributed by atoms with Crippen LogP contribution in [0.5, 0.6) is 5.75 Å². The summed E-state index contributed by atoms with van der Waals surface area (Å²) < 4.78 is 12.1. The average molecular weight is 535 g/mol. The first-order chi connectivity index (χ1) is 18.9. The van der Waals surface area contributed by atoms with E-state index in [0.29, 0.717) is 49.1 Å². The van der Waals surface area contributed by atoms with Gasteiger partial charge in [-0.2, -0.15) is 0 Å². The van der Waals surface area contributed by atoms with Crippen molar-refractivity contribution < 1.29 is 19.1 Å². The van der Waals surface area contributed by atoms with E-state index >= 15 is 0 Å². The largest absolute Gasteiger partial charge is 0.496 e. The molecule has 3 aromatic rings. The van der Waals surface area contributed by atoms with Crippen molar-refractivity contribution >= 4 is 40.3 Å². The molecule has 0 bridgehead atoms. The molecule has 2 saturated heterocycles. The van der Waals surface area contributed by atoms with Crippen molar-refractivity contribution in [2.75, 3.05) is 88.9 Å². The highest BCUT2D eigenvalue weighted by Gasteiger charge is 2.24. The summed E-state index contributed by atoms with van der Waals surface area (Å²) in [6, 6.07) is 13.0. The molecule has 2 aromatic carbocycles. The summed E-state index contributed by atoms with van der Waals surface area (Å²) >= 11 is 0. The Hall–Kier alpha value is -4.25. The number of piperazine rings is 2. The van der Waals surface area contributed by atoms with E-state index < -0.39 is 0 Å². The summed E-state index contributed by atoms with van der Waals surface area (Å²) in [5, 5.41) is 0.423. The number of aromatic nitrogens is 1. The fourth-order valence-corrected chi connectivity index (χ4v) is 5.26. The first-order valence-corrected chi connectivity index (χ1v) is 13.0. The van der Waals surface area contributed by atoms with Crippen LogP contribution >= 0.6 is 0 Å². The van der Waals surface area contributed by atoms with E-state index in [-0.39, 0.29) is 17.2 Å². The van der Waals surface area contributed by atoms with Gasteiger partial charge in [0.25, 0.3) is 0 Å². The second-order valence-corrected chi connectivity index (χ2v) is 9.79. The minimum atomic E-state index is -0.305. The molecule has 0 spiro atoms. The van der Waals surface area contributed by atoms with E-state index in [2.05, 4.69) is 27.2 Å². The highest BCUT2D eigenvalue weighted by atomic mass is 16.5. The highest BCUT2D eigenvalue weighted by Crippen LogP contribution is 2.33. The molecule has 3 heterocycles. The zero-order valence-electron chi connectivity index (χ0n) is 22.6. The van der Waals surface area contributed by atoms with Gasteiger partial charge >= 0.3 is 6.09 Å². The van der Waals surface area contributed by atoms with E-state index in [4.69, 9.17) is 9.47 Å². The van der Waals surface area contributed by atoms with Crippen LogP contribution in [-0.2, 0) is 4.74 Å². The maximum absolute atomic E-state index is 13.2. The lowest BCUT2D eigenvalue weighted by molar-refractivity contribution is 0.111. The molecule has 0 radical (unpaired) electrons. The number of hydrogen-bond acceptors (Lipinski definition) is 9.